The summed E-state index contributed by atoms with van der Waals surface area (Å²) in [5.41, 5.74) is 19.0. The molecule has 1 aromatic heterocycles. The van der Waals surface area contributed by atoms with E-state index in [1.54, 1.807) is 0 Å². The van der Waals surface area contributed by atoms with E-state index in [-0.39, 0.29) is 0 Å². The minimum atomic E-state index is 0.854. The van der Waals surface area contributed by atoms with Gasteiger partial charge in [0, 0.05) is 33.8 Å². The molecule has 10 aromatic carbocycles. The summed E-state index contributed by atoms with van der Waals surface area (Å²) in [7, 11) is 0. The Morgan fingerprint density at radius 2 is 0.677 bits per heavy atom. The number of anilines is 3. The summed E-state index contributed by atoms with van der Waals surface area (Å²) in [5, 5.41) is 2.22. The summed E-state index contributed by atoms with van der Waals surface area (Å²) in [6, 6.07) is 89.1. The number of rotatable bonds is 9. The van der Waals surface area contributed by atoms with Gasteiger partial charge < -0.3 is 9.32 Å². The first-order chi connectivity index (χ1) is 30.7. The Kier molecular flexibility index (Phi) is 9.57. The second-order valence-corrected chi connectivity index (χ2v) is 15.7. The van der Waals surface area contributed by atoms with Gasteiger partial charge in [-0.25, -0.2) is 0 Å². The van der Waals surface area contributed by atoms with Crippen molar-refractivity contribution in [3.63, 3.8) is 0 Å². The maximum absolute atomic E-state index is 6.50. The molecule has 1 heterocycles. The molecule has 2 heteroatoms. The van der Waals surface area contributed by atoms with Gasteiger partial charge in [-0.2, -0.15) is 0 Å². The van der Waals surface area contributed by atoms with Crippen LogP contribution in [0.2, 0.25) is 0 Å². The van der Waals surface area contributed by atoms with Gasteiger partial charge in [0.05, 0.1) is 5.69 Å². The van der Waals surface area contributed by atoms with E-state index in [0.717, 1.165) is 55.7 Å². The van der Waals surface area contributed by atoms with Gasteiger partial charge in [-0.15, -0.1) is 0 Å². The van der Waals surface area contributed by atoms with Gasteiger partial charge in [0.2, 0.25) is 0 Å². The topological polar surface area (TPSA) is 16.4 Å². The van der Waals surface area contributed by atoms with Crippen molar-refractivity contribution < 1.29 is 4.42 Å². The van der Waals surface area contributed by atoms with Crippen molar-refractivity contribution in [2.24, 2.45) is 0 Å². The highest BCUT2D eigenvalue weighted by atomic mass is 16.3. The molecule has 0 aliphatic rings. The Bertz CT molecular complexity index is 3310. The fourth-order valence-electron chi connectivity index (χ4n) is 8.86. The van der Waals surface area contributed by atoms with E-state index in [9.17, 15) is 0 Å². The zero-order chi connectivity index (χ0) is 41.2. The van der Waals surface area contributed by atoms with Gasteiger partial charge in [0.1, 0.15) is 11.2 Å². The Morgan fingerprint density at radius 1 is 0.242 bits per heavy atom. The molecule has 0 radical (unpaired) electrons. The third-order valence-electron chi connectivity index (χ3n) is 11.9. The van der Waals surface area contributed by atoms with E-state index in [1.165, 1.54) is 50.1 Å². The molecule has 0 atom stereocenters. The van der Waals surface area contributed by atoms with Crippen LogP contribution in [-0.4, -0.2) is 0 Å². The number of para-hydroxylation sites is 2. The van der Waals surface area contributed by atoms with Crippen LogP contribution in [-0.2, 0) is 0 Å². The number of hydrogen-bond acceptors (Lipinski definition) is 2. The van der Waals surface area contributed by atoms with Crippen LogP contribution < -0.4 is 4.90 Å². The van der Waals surface area contributed by atoms with Crippen molar-refractivity contribution in [1.82, 2.24) is 0 Å². The molecule has 0 spiro atoms. The van der Waals surface area contributed by atoms with E-state index in [4.69, 9.17) is 4.42 Å². The number of hydrogen-bond donors (Lipinski definition) is 0. The Morgan fingerprint density at radius 3 is 1.34 bits per heavy atom. The van der Waals surface area contributed by atoms with Crippen LogP contribution in [0.1, 0.15) is 0 Å². The lowest BCUT2D eigenvalue weighted by molar-refractivity contribution is 0.669. The molecule has 0 fully saturated rings. The lowest BCUT2D eigenvalue weighted by Gasteiger charge is -2.28. The minimum Gasteiger partial charge on any atom is -0.456 e. The van der Waals surface area contributed by atoms with Crippen LogP contribution >= 0.6 is 0 Å². The second kappa shape index (κ2) is 16.1. The average molecular weight is 792 g/mol. The first-order valence-corrected chi connectivity index (χ1v) is 21.2. The summed E-state index contributed by atoms with van der Waals surface area (Å²) in [6.45, 7) is 0. The number of furan rings is 1. The third-order valence-corrected chi connectivity index (χ3v) is 11.9. The van der Waals surface area contributed by atoms with E-state index < -0.39 is 0 Å². The Balaban J connectivity index is 1.06. The third kappa shape index (κ3) is 6.94. The summed E-state index contributed by atoms with van der Waals surface area (Å²) >= 11 is 0. The maximum Gasteiger partial charge on any atom is 0.137 e. The molecule has 0 N–H and O–H groups in total. The summed E-state index contributed by atoms with van der Waals surface area (Å²) < 4.78 is 6.50. The molecular formula is C60H41NO. The first kappa shape index (κ1) is 36.8. The molecule has 11 aromatic rings. The molecule has 62 heavy (non-hydrogen) atoms. The number of nitrogens with zero attached hydrogens (tertiary/aromatic N) is 1. The van der Waals surface area contributed by atoms with Gasteiger partial charge in [-0.1, -0.05) is 200 Å². The lowest BCUT2D eigenvalue weighted by atomic mass is 9.87. The van der Waals surface area contributed by atoms with Gasteiger partial charge in [-0.3, -0.25) is 0 Å². The van der Waals surface area contributed by atoms with Gasteiger partial charge in [0.15, 0.2) is 0 Å². The van der Waals surface area contributed by atoms with Crippen LogP contribution in [0.4, 0.5) is 17.1 Å². The zero-order valence-electron chi connectivity index (χ0n) is 34.0. The Hall–Kier alpha value is -8.20. The van der Waals surface area contributed by atoms with Gasteiger partial charge in [-0.05, 0) is 104 Å². The molecule has 11 rings (SSSR count). The first-order valence-electron chi connectivity index (χ1n) is 21.2. The van der Waals surface area contributed by atoms with Crippen molar-refractivity contribution in [1.29, 1.82) is 0 Å². The van der Waals surface area contributed by atoms with Gasteiger partial charge in [0.25, 0.3) is 0 Å². The number of fused-ring (bicyclic) bond motifs is 3. The van der Waals surface area contributed by atoms with E-state index in [1.807, 2.05) is 12.1 Å². The molecule has 0 saturated carbocycles. The maximum atomic E-state index is 6.50. The molecule has 0 aliphatic carbocycles. The molecule has 2 nitrogen and oxygen atoms in total. The predicted molar refractivity (Wildman–Crippen MR) is 261 cm³/mol. The monoisotopic (exact) mass is 791 g/mol. The highest BCUT2D eigenvalue weighted by molar-refractivity contribution is 6.06. The van der Waals surface area contributed by atoms with Crippen LogP contribution in [0, 0.1) is 0 Å². The summed E-state index contributed by atoms with van der Waals surface area (Å²) in [4.78, 5) is 2.37. The fourth-order valence-corrected chi connectivity index (χ4v) is 8.86. The standard InChI is InChI=1S/C60H41NO/c1-4-16-42(17-5-1)44-28-30-45(31-29-44)46-32-35-49(36-33-46)61(50-37-39-56-55-25-13-15-27-59(55)62-60(56)41-50)58-26-14-12-24-54(58)52-23-11-10-22-51(52)53-38-34-48(43-18-6-2-7-19-43)40-57(53)47-20-8-3-9-21-47/h1-41H. The molecular weight excluding hydrogens is 751 g/mol. The SMILES string of the molecule is c1ccc(-c2ccc(-c3ccc(N(c4ccc5c(c4)oc4ccccc45)c4ccccc4-c4ccccc4-c4ccc(-c5ccccc5)cc4-c4ccccc4)cc3)cc2)cc1. The van der Waals surface area contributed by atoms with Crippen molar-refractivity contribution in [2.75, 3.05) is 4.90 Å². The van der Waals surface area contributed by atoms with E-state index >= 15 is 0 Å². The molecule has 0 aliphatic heterocycles. The van der Waals surface area contributed by atoms with Crippen molar-refractivity contribution in [3.8, 4) is 66.8 Å². The van der Waals surface area contributed by atoms with Crippen LogP contribution in [0.15, 0.2) is 253 Å². The molecule has 0 amide bonds. The molecule has 0 bridgehead atoms. The summed E-state index contributed by atoms with van der Waals surface area (Å²) in [6.07, 6.45) is 0. The molecule has 0 unspecified atom stereocenters. The largest absolute Gasteiger partial charge is 0.456 e. The predicted octanol–water partition coefficient (Wildman–Crippen LogP) is 17.1. The van der Waals surface area contributed by atoms with E-state index in [0.29, 0.717) is 0 Å². The smallest absolute Gasteiger partial charge is 0.137 e. The second-order valence-electron chi connectivity index (χ2n) is 15.7. The van der Waals surface area contributed by atoms with Crippen LogP contribution in [0.5, 0.6) is 0 Å². The van der Waals surface area contributed by atoms with Crippen molar-refractivity contribution in [2.45, 2.75) is 0 Å². The lowest BCUT2D eigenvalue weighted by Crippen LogP contribution is -2.11. The van der Waals surface area contributed by atoms with Gasteiger partial charge >= 0.3 is 0 Å². The highest BCUT2D eigenvalue weighted by Crippen LogP contribution is 2.47. The fraction of sp³-hybridized carbons (Fsp3) is 0. The van der Waals surface area contributed by atoms with Crippen LogP contribution in [0.25, 0.3) is 88.7 Å². The van der Waals surface area contributed by atoms with E-state index in [2.05, 4.69) is 241 Å². The average Bonchev–Trinajstić information content (AvgIpc) is 3.73. The summed E-state index contributed by atoms with van der Waals surface area (Å²) in [5.74, 6) is 0. The van der Waals surface area contributed by atoms with Crippen molar-refractivity contribution in [3.05, 3.63) is 249 Å². The number of benzene rings is 10. The normalized spacial score (nSPS) is 11.2. The highest BCUT2D eigenvalue weighted by Gasteiger charge is 2.22. The minimum absolute atomic E-state index is 0.854. The quantitative estimate of drug-likeness (QED) is 0.145. The van der Waals surface area contributed by atoms with Crippen LogP contribution in [0.3, 0.4) is 0 Å². The zero-order valence-corrected chi connectivity index (χ0v) is 34.0. The van der Waals surface area contributed by atoms with Crippen molar-refractivity contribution >= 4 is 39.0 Å². The molecule has 0 saturated heterocycles. The Labute approximate surface area is 362 Å². The molecule has 292 valence electrons.